The van der Waals surface area contributed by atoms with Crippen LogP contribution in [0.5, 0.6) is 0 Å². The summed E-state index contributed by atoms with van der Waals surface area (Å²) in [5.41, 5.74) is -0.0745. The van der Waals surface area contributed by atoms with Crippen LogP contribution in [-0.2, 0) is 61.1 Å². The fourth-order valence-corrected chi connectivity index (χ4v) is 9.42. The van der Waals surface area contributed by atoms with Crippen LogP contribution in [-0.4, -0.2) is 82.7 Å². The fourth-order valence-electron chi connectivity index (χ4n) is 8.01. The van der Waals surface area contributed by atoms with Crippen LogP contribution in [0, 0.1) is 29.4 Å². The number of sulfone groups is 1. The number of anilines is 1. The third-order valence-electron chi connectivity index (χ3n) is 11.4. The highest BCUT2D eigenvalue weighted by Crippen LogP contribution is 2.68. The Balaban J connectivity index is 1.49. The van der Waals surface area contributed by atoms with Gasteiger partial charge in [0.1, 0.15) is 40.9 Å². The predicted molar refractivity (Wildman–Crippen MR) is 229 cm³/mol. The third-order valence-corrected chi connectivity index (χ3v) is 14.7. The van der Waals surface area contributed by atoms with E-state index in [0.717, 1.165) is 49.6 Å². The van der Waals surface area contributed by atoms with Gasteiger partial charge in [-0.05, 0) is 81.3 Å². The maximum absolute atomic E-state index is 15.5. The van der Waals surface area contributed by atoms with Crippen molar-refractivity contribution in [1.29, 1.82) is 0 Å². The first-order valence-electron chi connectivity index (χ1n) is 20.2. The number of carbonyl (C=O) groups excluding carboxylic acids is 2. The van der Waals surface area contributed by atoms with Gasteiger partial charge in [-0.1, -0.05) is 23.6 Å². The van der Waals surface area contributed by atoms with Gasteiger partial charge in [0.05, 0.1) is 40.0 Å². The van der Waals surface area contributed by atoms with Crippen LogP contribution < -0.4 is 15.4 Å². The molecule has 0 bridgehead atoms. The van der Waals surface area contributed by atoms with Crippen molar-refractivity contribution in [2.24, 2.45) is 11.7 Å². The molecule has 27 heteroatoms. The van der Waals surface area contributed by atoms with E-state index in [2.05, 4.69) is 32.3 Å². The van der Waals surface area contributed by atoms with E-state index in [1.54, 1.807) is 0 Å². The van der Waals surface area contributed by atoms with E-state index in [0.29, 0.717) is 12.3 Å². The monoisotopic (exact) mass is 1040 g/mol. The van der Waals surface area contributed by atoms with Crippen LogP contribution in [0.1, 0.15) is 73.1 Å². The highest BCUT2D eigenvalue weighted by Gasteiger charge is 2.68. The maximum Gasteiger partial charge on any atom is 0.435 e. The van der Waals surface area contributed by atoms with E-state index >= 15 is 8.78 Å². The summed E-state index contributed by atoms with van der Waals surface area (Å²) in [5.74, 6) is -7.30. The summed E-state index contributed by atoms with van der Waals surface area (Å²) < 4.78 is 197. The number of nitrogens with one attached hydrogen (secondary N) is 1. The number of pyridine rings is 1. The van der Waals surface area contributed by atoms with Gasteiger partial charge < -0.3 is 11.1 Å². The van der Waals surface area contributed by atoms with Gasteiger partial charge in [0, 0.05) is 34.9 Å². The van der Waals surface area contributed by atoms with Gasteiger partial charge in [-0.3, -0.25) is 19.0 Å². The molecule has 69 heavy (non-hydrogen) atoms. The third kappa shape index (κ3) is 10.00. The van der Waals surface area contributed by atoms with Crippen molar-refractivity contribution >= 4 is 60.0 Å². The molecule has 0 saturated heterocycles. The molecule has 2 aliphatic carbocycles. The number of carbonyl (C=O) groups is 2. The molecular formula is C42H37ClF10N8O6S2. The Morgan fingerprint density at radius 3 is 2.16 bits per heavy atom. The first-order valence-corrected chi connectivity index (χ1v) is 24.3. The van der Waals surface area contributed by atoms with Crippen molar-refractivity contribution in [3.63, 3.8) is 0 Å². The van der Waals surface area contributed by atoms with Crippen molar-refractivity contribution < 1.29 is 70.3 Å². The lowest BCUT2D eigenvalue weighted by Gasteiger charge is -2.23. The van der Waals surface area contributed by atoms with Crippen molar-refractivity contribution in [3.8, 4) is 23.0 Å². The van der Waals surface area contributed by atoms with Crippen molar-refractivity contribution in [2.75, 3.05) is 16.8 Å². The van der Waals surface area contributed by atoms with E-state index in [1.165, 1.54) is 13.8 Å². The summed E-state index contributed by atoms with van der Waals surface area (Å²) in [6.07, 6.45) is -9.87. The van der Waals surface area contributed by atoms with Gasteiger partial charge in [0.15, 0.2) is 21.3 Å². The molecule has 0 unspecified atom stereocenters. The summed E-state index contributed by atoms with van der Waals surface area (Å²) in [6.45, 7) is 0.311. The zero-order valence-corrected chi connectivity index (χ0v) is 38.8. The summed E-state index contributed by atoms with van der Waals surface area (Å²) in [4.78, 5) is 32.0. The number of aromatic nitrogens is 5. The average molecular weight is 1040 g/mol. The van der Waals surface area contributed by atoms with Gasteiger partial charge in [-0.15, -0.1) is 0 Å². The topological polar surface area (TPSA) is 192 Å². The smallest absolute Gasteiger partial charge is 0.346 e. The largest absolute Gasteiger partial charge is 0.435 e. The molecule has 2 amide bonds. The number of nitrogens with two attached hydrogens (primary N) is 1. The summed E-state index contributed by atoms with van der Waals surface area (Å²) in [6, 6.07) is 3.24. The number of sulfonamides is 1. The number of nitrogens with zero attached hydrogens (tertiary/aromatic N) is 6. The van der Waals surface area contributed by atoms with Gasteiger partial charge in [-0.25, -0.2) is 30.6 Å². The van der Waals surface area contributed by atoms with Crippen molar-refractivity contribution in [1.82, 2.24) is 29.9 Å². The lowest BCUT2D eigenvalue weighted by atomic mass is 9.93. The highest BCUT2D eigenvalue weighted by molar-refractivity contribution is 7.93. The standard InChI is InChI=1S/C42H37ClF10N8O6S2/c1-19(54)38(63)61(69(5,66)67)37-32-28(43)9-8-25(34(32)60(58-37)18-40(46,47)48)24-7-6-23(10-11-39(2,3)68(4,64)65)55-33(24)29(14-20-12-21(44)15-22(45)13-20)56-30(62)17-59-36-31(35(57-59)42(51,52)53)26-16-27(26)41(36,49)50/h6-9,12-13,15,19,26-27,29H,14,16-18,54H2,1-5H3,(H,56,62)/t19-,26-,27+,29-/m0/s1. The molecule has 2 aliphatic rings. The van der Waals surface area contributed by atoms with Gasteiger partial charge in [-0.2, -0.15) is 49.6 Å². The lowest BCUT2D eigenvalue weighted by molar-refractivity contribution is -0.143. The molecule has 14 nitrogen and oxygen atoms in total. The molecule has 3 N–H and O–H groups in total. The van der Waals surface area contributed by atoms with E-state index in [-0.39, 0.29) is 42.5 Å². The number of rotatable bonds is 12. The second-order valence-electron chi connectivity index (χ2n) is 17.2. The van der Waals surface area contributed by atoms with Crippen LogP contribution in [0.4, 0.5) is 49.7 Å². The summed E-state index contributed by atoms with van der Waals surface area (Å²) >= 11 is 6.58. The fraction of sp³-hybridized carbons (Fsp3) is 0.405. The van der Waals surface area contributed by atoms with Crippen LogP contribution in [0.2, 0.25) is 5.02 Å². The van der Waals surface area contributed by atoms with Gasteiger partial charge in [0.2, 0.25) is 15.9 Å². The summed E-state index contributed by atoms with van der Waals surface area (Å²) in [7, 11) is -8.64. The molecule has 4 atom stereocenters. The summed E-state index contributed by atoms with van der Waals surface area (Å²) in [5, 5.41) is 8.66. The number of hydrogen-bond donors (Lipinski definition) is 2. The number of halogens is 11. The minimum Gasteiger partial charge on any atom is -0.346 e. The van der Waals surface area contributed by atoms with Gasteiger partial charge >= 0.3 is 12.4 Å². The molecule has 0 radical (unpaired) electrons. The molecule has 3 aromatic heterocycles. The first-order chi connectivity index (χ1) is 31.6. The zero-order valence-electron chi connectivity index (χ0n) is 36.4. The van der Waals surface area contributed by atoms with Crippen molar-refractivity contribution in [2.45, 2.75) is 87.7 Å². The Bertz CT molecular complexity index is 3230. The van der Waals surface area contributed by atoms with E-state index < -0.39 is 154 Å². The van der Waals surface area contributed by atoms with Crippen LogP contribution in [0.15, 0.2) is 42.5 Å². The Morgan fingerprint density at radius 2 is 1.59 bits per heavy atom. The van der Waals surface area contributed by atoms with E-state index in [4.69, 9.17) is 17.3 Å². The minimum absolute atomic E-state index is 0.0503. The molecule has 3 heterocycles. The normalized spacial score (nSPS) is 17.7. The van der Waals surface area contributed by atoms with Crippen LogP contribution >= 0.6 is 11.6 Å². The Labute approximate surface area is 391 Å². The van der Waals surface area contributed by atoms with Crippen LogP contribution in [0.3, 0.4) is 0 Å². The van der Waals surface area contributed by atoms with Gasteiger partial charge in [0.25, 0.3) is 11.8 Å². The quantitative estimate of drug-likeness (QED) is 0.0979. The van der Waals surface area contributed by atoms with Crippen LogP contribution in [0.25, 0.3) is 22.0 Å². The molecule has 370 valence electrons. The Kier molecular flexibility index (Phi) is 12.8. The number of alkyl halides is 8. The molecule has 0 aliphatic heterocycles. The highest BCUT2D eigenvalue weighted by atomic mass is 35.5. The minimum atomic E-state index is -5.22. The number of hydrogen-bond acceptors (Lipinski definition) is 10. The molecule has 1 fully saturated rings. The molecule has 5 aromatic rings. The Morgan fingerprint density at radius 1 is 0.971 bits per heavy atom. The van der Waals surface area contributed by atoms with Crippen molar-refractivity contribution in [3.05, 3.63) is 93.0 Å². The van der Waals surface area contributed by atoms with E-state index in [1.807, 2.05) is 0 Å². The zero-order chi connectivity index (χ0) is 51.3. The second-order valence-corrected chi connectivity index (χ2v) is 22.0. The van der Waals surface area contributed by atoms with E-state index in [9.17, 15) is 61.5 Å². The molecule has 1 saturated carbocycles. The molecule has 2 aromatic carbocycles. The number of amides is 2. The first kappa shape index (κ1) is 51.1. The number of fused-ring (bicyclic) bond motifs is 4. The SMILES string of the molecule is C[C@H](N)C(=O)N(c1nn(CC(F)(F)F)c2c(-c3ccc(C#CC(C)(C)S(C)(=O)=O)nc3[C@H](Cc3cc(F)cc(F)c3)NC(=O)Cn3nc(C(F)(F)F)c4c3C(F)(F)[C@@H]3C[C@H]43)ccc(Cl)c12)S(C)(=O)=O. The lowest BCUT2D eigenvalue weighted by Crippen LogP contribution is -2.45. The number of benzene rings is 2. The Hall–Kier alpha value is -5.78. The predicted octanol–water partition coefficient (Wildman–Crippen LogP) is 6.93. The molecule has 7 rings (SSSR count). The second kappa shape index (κ2) is 17.3. The molecule has 0 spiro atoms. The average Bonchev–Trinajstić information content (AvgIpc) is 3.71. The molecular weight excluding hydrogens is 1000 g/mol. The maximum atomic E-state index is 15.5.